The van der Waals surface area contributed by atoms with E-state index in [1.807, 2.05) is 0 Å². The fourth-order valence-electron chi connectivity index (χ4n) is 1.86. The summed E-state index contributed by atoms with van der Waals surface area (Å²) in [5, 5.41) is 8.78. The van der Waals surface area contributed by atoms with Crippen molar-refractivity contribution in [3.63, 3.8) is 0 Å². The first-order valence-electron chi connectivity index (χ1n) is 5.12. The quantitative estimate of drug-likeness (QED) is 0.711. The van der Waals surface area contributed by atoms with Gasteiger partial charge in [0, 0.05) is 19.1 Å². The van der Waals surface area contributed by atoms with Crippen LogP contribution in [0.5, 0.6) is 0 Å². The molecule has 0 radical (unpaired) electrons. The van der Waals surface area contributed by atoms with E-state index in [4.69, 9.17) is 5.11 Å². The molecule has 0 aromatic carbocycles. The zero-order valence-corrected chi connectivity index (χ0v) is 9.23. The van der Waals surface area contributed by atoms with Crippen molar-refractivity contribution in [2.75, 3.05) is 33.7 Å². The van der Waals surface area contributed by atoms with E-state index in [2.05, 4.69) is 23.9 Å². The Labute approximate surface area is 85.5 Å². The van der Waals surface area contributed by atoms with E-state index in [0.29, 0.717) is 12.6 Å². The zero-order valence-electron chi connectivity index (χ0n) is 9.23. The monoisotopic (exact) mass is 200 g/mol. The number of carboxylic acids is 1. The van der Waals surface area contributed by atoms with E-state index in [9.17, 15) is 4.79 Å². The number of likely N-dealkylation sites (tertiary alicyclic amines) is 1. The van der Waals surface area contributed by atoms with Crippen LogP contribution in [0.25, 0.3) is 0 Å². The molecule has 1 rings (SSSR count). The number of hydrogen-bond acceptors (Lipinski definition) is 3. The third-order valence-electron chi connectivity index (χ3n) is 2.93. The summed E-state index contributed by atoms with van der Waals surface area (Å²) in [4.78, 5) is 15.1. The summed E-state index contributed by atoms with van der Waals surface area (Å²) in [6.07, 6.45) is 1.15. The van der Waals surface area contributed by atoms with Gasteiger partial charge in [-0.1, -0.05) is 6.92 Å². The molecule has 2 unspecified atom stereocenters. The van der Waals surface area contributed by atoms with Gasteiger partial charge in [0.2, 0.25) is 0 Å². The molecule has 1 N–H and O–H groups in total. The predicted molar refractivity (Wildman–Crippen MR) is 55.3 cm³/mol. The van der Waals surface area contributed by atoms with Gasteiger partial charge in [-0.2, -0.15) is 0 Å². The molecule has 2 atom stereocenters. The van der Waals surface area contributed by atoms with E-state index >= 15 is 0 Å². The largest absolute Gasteiger partial charge is 0.481 e. The first-order valence-corrected chi connectivity index (χ1v) is 5.12. The third kappa shape index (κ3) is 2.96. The molecule has 1 heterocycles. The lowest BCUT2D eigenvalue weighted by atomic mass is 10.2. The minimum Gasteiger partial charge on any atom is -0.481 e. The molecule has 0 aromatic heterocycles. The van der Waals surface area contributed by atoms with Gasteiger partial charge in [0.1, 0.15) is 0 Å². The van der Waals surface area contributed by atoms with Crippen molar-refractivity contribution >= 4 is 5.97 Å². The van der Waals surface area contributed by atoms with Crippen LogP contribution in [0.2, 0.25) is 0 Å². The van der Waals surface area contributed by atoms with Crippen molar-refractivity contribution < 1.29 is 9.90 Å². The standard InChI is InChI=1S/C10H20N2O2/c1-8(10(13)14)6-12-5-4-9(7-12)11(2)3/h8-9H,4-7H2,1-3H3,(H,13,14). The van der Waals surface area contributed by atoms with Crippen LogP contribution in [0.4, 0.5) is 0 Å². The number of carbonyl (C=O) groups is 1. The van der Waals surface area contributed by atoms with Gasteiger partial charge in [-0.05, 0) is 27.1 Å². The molecule has 0 aliphatic carbocycles. The maximum absolute atomic E-state index is 10.7. The van der Waals surface area contributed by atoms with Crippen LogP contribution >= 0.6 is 0 Å². The fourth-order valence-corrected chi connectivity index (χ4v) is 1.86. The summed E-state index contributed by atoms with van der Waals surface area (Å²) < 4.78 is 0. The van der Waals surface area contributed by atoms with Crippen molar-refractivity contribution in [2.24, 2.45) is 5.92 Å². The highest BCUT2D eigenvalue weighted by Gasteiger charge is 2.26. The van der Waals surface area contributed by atoms with E-state index in [-0.39, 0.29) is 5.92 Å². The van der Waals surface area contributed by atoms with Crippen LogP contribution in [-0.4, -0.2) is 60.6 Å². The number of nitrogens with zero attached hydrogens (tertiary/aromatic N) is 2. The number of aliphatic carboxylic acids is 1. The molecule has 4 heteroatoms. The van der Waals surface area contributed by atoms with Crippen molar-refractivity contribution in [2.45, 2.75) is 19.4 Å². The number of rotatable bonds is 4. The number of carboxylic acid groups (broad SMARTS) is 1. The van der Waals surface area contributed by atoms with Crippen LogP contribution in [0.3, 0.4) is 0 Å². The summed E-state index contributed by atoms with van der Waals surface area (Å²) in [6.45, 7) is 4.48. The summed E-state index contributed by atoms with van der Waals surface area (Å²) >= 11 is 0. The third-order valence-corrected chi connectivity index (χ3v) is 2.93. The Hall–Kier alpha value is -0.610. The molecule has 1 aliphatic heterocycles. The van der Waals surface area contributed by atoms with Crippen molar-refractivity contribution in [1.82, 2.24) is 9.80 Å². The molecular formula is C10H20N2O2. The van der Waals surface area contributed by atoms with Gasteiger partial charge >= 0.3 is 5.97 Å². The SMILES string of the molecule is CC(CN1CCC(N(C)C)C1)C(=O)O. The lowest BCUT2D eigenvalue weighted by Gasteiger charge is -2.21. The summed E-state index contributed by atoms with van der Waals surface area (Å²) in [5.41, 5.74) is 0. The van der Waals surface area contributed by atoms with Crippen LogP contribution in [0, 0.1) is 5.92 Å². The van der Waals surface area contributed by atoms with E-state index in [0.717, 1.165) is 19.5 Å². The van der Waals surface area contributed by atoms with E-state index in [1.54, 1.807) is 6.92 Å². The van der Waals surface area contributed by atoms with Crippen molar-refractivity contribution in [3.8, 4) is 0 Å². The van der Waals surface area contributed by atoms with Crippen molar-refractivity contribution in [3.05, 3.63) is 0 Å². The zero-order chi connectivity index (χ0) is 10.7. The van der Waals surface area contributed by atoms with Crippen LogP contribution in [0.1, 0.15) is 13.3 Å². The van der Waals surface area contributed by atoms with Crippen LogP contribution in [0.15, 0.2) is 0 Å². The fraction of sp³-hybridized carbons (Fsp3) is 0.900. The average Bonchev–Trinajstić information content (AvgIpc) is 2.52. The second-order valence-electron chi connectivity index (χ2n) is 4.40. The molecule has 14 heavy (non-hydrogen) atoms. The molecule has 0 spiro atoms. The topological polar surface area (TPSA) is 43.8 Å². The van der Waals surface area contributed by atoms with Gasteiger partial charge in [0.15, 0.2) is 0 Å². The normalized spacial score (nSPS) is 25.6. The summed E-state index contributed by atoms with van der Waals surface area (Å²) in [5.74, 6) is -0.950. The molecule has 0 bridgehead atoms. The molecule has 0 aromatic rings. The molecule has 0 amide bonds. The summed E-state index contributed by atoms with van der Waals surface area (Å²) in [6, 6.07) is 0.594. The Kier molecular flexibility index (Phi) is 3.89. The average molecular weight is 200 g/mol. The molecule has 1 saturated heterocycles. The lowest BCUT2D eigenvalue weighted by molar-refractivity contribution is -0.141. The first-order chi connectivity index (χ1) is 6.50. The first kappa shape index (κ1) is 11.5. The molecule has 4 nitrogen and oxygen atoms in total. The number of hydrogen-bond donors (Lipinski definition) is 1. The van der Waals surface area contributed by atoms with Crippen LogP contribution in [-0.2, 0) is 4.79 Å². The van der Waals surface area contributed by atoms with E-state index < -0.39 is 5.97 Å². The van der Waals surface area contributed by atoms with Gasteiger partial charge in [0.05, 0.1) is 5.92 Å². The molecular weight excluding hydrogens is 180 g/mol. The second-order valence-corrected chi connectivity index (χ2v) is 4.40. The Morgan fingerprint density at radius 1 is 1.64 bits per heavy atom. The Morgan fingerprint density at radius 2 is 2.29 bits per heavy atom. The van der Waals surface area contributed by atoms with Gasteiger partial charge in [-0.15, -0.1) is 0 Å². The predicted octanol–water partition coefficient (Wildman–Crippen LogP) is 0.343. The minimum absolute atomic E-state index is 0.254. The highest BCUT2D eigenvalue weighted by molar-refractivity contribution is 5.69. The smallest absolute Gasteiger partial charge is 0.307 e. The molecule has 1 aliphatic rings. The molecule has 1 fully saturated rings. The Morgan fingerprint density at radius 3 is 2.71 bits per heavy atom. The maximum Gasteiger partial charge on any atom is 0.307 e. The molecule has 0 saturated carbocycles. The van der Waals surface area contributed by atoms with Crippen molar-refractivity contribution in [1.29, 1.82) is 0 Å². The molecule has 82 valence electrons. The highest BCUT2D eigenvalue weighted by Crippen LogP contribution is 2.14. The van der Waals surface area contributed by atoms with E-state index in [1.165, 1.54) is 0 Å². The van der Waals surface area contributed by atoms with Gasteiger partial charge in [0.25, 0.3) is 0 Å². The lowest BCUT2D eigenvalue weighted by Crippen LogP contribution is -2.34. The number of likely N-dealkylation sites (N-methyl/N-ethyl adjacent to an activating group) is 1. The highest BCUT2D eigenvalue weighted by atomic mass is 16.4. The minimum atomic E-state index is -0.696. The Balaban J connectivity index is 2.32. The summed E-state index contributed by atoms with van der Waals surface area (Å²) in [7, 11) is 4.16. The van der Waals surface area contributed by atoms with Gasteiger partial charge in [-0.25, -0.2) is 0 Å². The van der Waals surface area contributed by atoms with Gasteiger partial charge in [-0.3, -0.25) is 4.79 Å². The van der Waals surface area contributed by atoms with Gasteiger partial charge < -0.3 is 14.9 Å². The second kappa shape index (κ2) is 4.75. The van der Waals surface area contributed by atoms with Crippen LogP contribution < -0.4 is 0 Å². The Bertz CT molecular complexity index is 206. The maximum atomic E-state index is 10.7.